The molecule has 0 aliphatic rings. The summed E-state index contributed by atoms with van der Waals surface area (Å²) in [4.78, 5) is 6.67. The predicted molar refractivity (Wildman–Crippen MR) is 82.9 cm³/mol. The van der Waals surface area contributed by atoms with E-state index in [4.69, 9.17) is 4.42 Å². The van der Waals surface area contributed by atoms with Gasteiger partial charge >= 0.3 is 0 Å². The van der Waals surface area contributed by atoms with Gasteiger partial charge in [-0.2, -0.15) is 9.61 Å². The Morgan fingerprint density at radius 3 is 2.73 bits per heavy atom. The minimum absolute atomic E-state index is 0.349. The van der Waals surface area contributed by atoms with Crippen LogP contribution in [0.5, 0.6) is 0 Å². The molecule has 0 atom stereocenters. The van der Waals surface area contributed by atoms with Crippen LogP contribution in [0, 0.1) is 0 Å². The second-order valence-electron chi connectivity index (χ2n) is 5.59. The molecule has 0 bridgehead atoms. The van der Waals surface area contributed by atoms with E-state index in [0.29, 0.717) is 24.2 Å². The highest BCUT2D eigenvalue weighted by Crippen LogP contribution is 2.22. The van der Waals surface area contributed by atoms with Gasteiger partial charge in [-0.1, -0.05) is 20.8 Å². The van der Waals surface area contributed by atoms with Crippen molar-refractivity contribution in [3.63, 3.8) is 0 Å². The van der Waals surface area contributed by atoms with E-state index < -0.39 is 0 Å². The first-order valence-corrected chi connectivity index (χ1v) is 7.45. The van der Waals surface area contributed by atoms with Gasteiger partial charge in [0.1, 0.15) is 5.82 Å². The molecule has 116 valence electrons. The first kappa shape index (κ1) is 14.5. The summed E-state index contributed by atoms with van der Waals surface area (Å²) >= 11 is 0. The quantitative estimate of drug-likeness (QED) is 0.720. The Morgan fingerprint density at radius 2 is 2.05 bits per heavy atom. The van der Waals surface area contributed by atoms with Gasteiger partial charge in [-0.05, 0) is 5.92 Å². The zero-order valence-electron chi connectivity index (χ0n) is 13.3. The summed E-state index contributed by atoms with van der Waals surface area (Å²) in [7, 11) is 1.98. The number of anilines is 1. The summed E-state index contributed by atoms with van der Waals surface area (Å²) in [6.45, 7) is 6.78. The van der Waals surface area contributed by atoms with E-state index in [1.54, 1.807) is 6.20 Å². The van der Waals surface area contributed by atoms with Crippen molar-refractivity contribution in [2.45, 2.75) is 39.7 Å². The third-order valence-electron chi connectivity index (χ3n) is 3.53. The van der Waals surface area contributed by atoms with Gasteiger partial charge in [0, 0.05) is 31.3 Å². The Kier molecular flexibility index (Phi) is 3.79. The number of rotatable bonds is 5. The number of hydrogen-bond acceptors (Lipinski definition) is 6. The summed E-state index contributed by atoms with van der Waals surface area (Å²) in [5.74, 6) is 2.56. The van der Waals surface area contributed by atoms with Crippen molar-refractivity contribution >= 4 is 11.5 Å². The molecule has 0 aliphatic heterocycles. The molecule has 22 heavy (non-hydrogen) atoms. The van der Waals surface area contributed by atoms with Crippen molar-refractivity contribution in [1.82, 2.24) is 24.8 Å². The minimum Gasteiger partial charge on any atom is -0.423 e. The van der Waals surface area contributed by atoms with E-state index in [1.807, 2.05) is 29.5 Å². The van der Waals surface area contributed by atoms with E-state index >= 15 is 0 Å². The fourth-order valence-corrected chi connectivity index (χ4v) is 2.26. The number of fused-ring (bicyclic) bond motifs is 1. The largest absolute Gasteiger partial charge is 0.423 e. The van der Waals surface area contributed by atoms with E-state index in [1.165, 1.54) is 0 Å². The average Bonchev–Trinajstić information content (AvgIpc) is 3.14. The highest BCUT2D eigenvalue weighted by Gasteiger charge is 2.15. The number of nitrogens with zero attached hydrogens (tertiary/aromatic N) is 6. The smallest absolute Gasteiger partial charge is 0.235 e. The molecule has 7 heteroatoms. The van der Waals surface area contributed by atoms with Gasteiger partial charge in [0.05, 0.1) is 12.7 Å². The second kappa shape index (κ2) is 5.75. The third-order valence-corrected chi connectivity index (χ3v) is 3.53. The average molecular weight is 300 g/mol. The summed E-state index contributed by atoms with van der Waals surface area (Å²) in [5.41, 5.74) is 1.88. The topological polar surface area (TPSA) is 72.4 Å². The molecular weight excluding hydrogens is 280 g/mol. The van der Waals surface area contributed by atoms with Gasteiger partial charge in [-0.3, -0.25) is 0 Å². The summed E-state index contributed by atoms with van der Waals surface area (Å²) < 4.78 is 7.41. The van der Waals surface area contributed by atoms with Crippen LogP contribution in [0.25, 0.3) is 5.65 Å². The van der Waals surface area contributed by atoms with Gasteiger partial charge in [-0.25, -0.2) is 4.98 Å². The van der Waals surface area contributed by atoms with Crippen molar-refractivity contribution < 1.29 is 4.42 Å². The fraction of sp³-hybridized carbons (Fsp3) is 0.467. The molecule has 0 fully saturated rings. The monoisotopic (exact) mass is 300 g/mol. The number of hydrogen-bond donors (Lipinski definition) is 0. The van der Waals surface area contributed by atoms with Gasteiger partial charge < -0.3 is 9.32 Å². The molecule has 0 amide bonds. The van der Waals surface area contributed by atoms with Crippen molar-refractivity contribution in [2.24, 2.45) is 0 Å². The van der Waals surface area contributed by atoms with Crippen LogP contribution in [0.4, 0.5) is 5.82 Å². The molecular formula is C15H20N6O. The molecule has 0 unspecified atom stereocenters. The van der Waals surface area contributed by atoms with Gasteiger partial charge in [0.2, 0.25) is 11.8 Å². The first-order valence-electron chi connectivity index (χ1n) is 7.45. The molecule has 0 aromatic carbocycles. The van der Waals surface area contributed by atoms with Gasteiger partial charge in [-0.15, -0.1) is 10.2 Å². The Labute approximate surface area is 129 Å². The molecule has 3 heterocycles. The predicted octanol–water partition coefficient (Wildman–Crippen LogP) is 2.43. The zero-order valence-corrected chi connectivity index (χ0v) is 13.3. The maximum Gasteiger partial charge on any atom is 0.235 e. The SMILES string of the molecule is CCc1nnc(CN(C)c2cc(C(C)C)nc3ccnn23)o1. The lowest BCUT2D eigenvalue weighted by Gasteiger charge is -2.19. The van der Waals surface area contributed by atoms with E-state index in [0.717, 1.165) is 23.6 Å². The molecule has 3 aromatic rings. The van der Waals surface area contributed by atoms with Gasteiger partial charge in [0.15, 0.2) is 5.65 Å². The van der Waals surface area contributed by atoms with Crippen molar-refractivity contribution in [3.05, 3.63) is 35.8 Å². The van der Waals surface area contributed by atoms with Crippen molar-refractivity contribution in [1.29, 1.82) is 0 Å². The summed E-state index contributed by atoms with van der Waals surface area (Å²) in [5, 5.41) is 12.4. The van der Waals surface area contributed by atoms with Crippen LogP contribution >= 0.6 is 0 Å². The fourth-order valence-electron chi connectivity index (χ4n) is 2.26. The lowest BCUT2D eigenvalue weighted by molar-refractivity contribution is 0.452. The molecule has 0 radical (unpaired) electrons. The maximum absolute atomic E-state index is 5.59. The van der Waals surface area contributed by atoms with Crippen LogP contribution in [-0.4, -0.2) is 31.8 Å². The summed E-state index contributed by atoms with van der Waals surface area (Å²) in [6.07, 6.45) is 2.50. The van der Waals surface area contributed by atoms with E-state index in [-0.39, 0.29) is 0 Å². The van der Waals surface area contributed by atoms with E-state index in [2.05, 4.69) is 40.2 Å². The van der Waals surface area contributed by atoms with Crippen molar-refractivity contribution in [2.75, 3.05) is 11.9 Å². The number of aromatic nitrogens is 5. The van der Waals surface area contributed by atoms with Crippen LogP contribution in [0.1, 0.15) is 44.2 Å². The molecule has 0 spiro atoms. The standard InChI is InChI=1S/C15H20N6O/c1-5-13-18-19-14(22-13)9-20(4)15-8-11(10(2)3)17-12-6-7-16-21(12)15/h6-8,10H,5,9H2,1-4H3. The van der Waals surface area contributed by atoms with Crippen LogP contribution in [-0.2, 0) is 13.0 Å². The first-order chi connectivity index (χ1) is 10.6. The second-order valence-corrected chi connectivity index (χ2v) is 5.59. The minimum atomic E-state index is 0.349. The zero-order chi connectivity index (χ0) is 15.7. The molecule has 0 saturated heterocycles. The van der Waals surface area contributed by atoms with Crippen LogP contribution in [0.15, 0.2) is 22.7 Å². The normalized spacial score (nSPS) is 11.5. The molecule has 7 nitrogen and oxygen atoms in total. The lowest BCUT2D eigenvalue weighted by Crippen LogP contribution is -2.20. The molecule has 3 rings (SSSR count). The Morgan fingerprint density at radius 1 is 1.27 bits per heavy atom. The van der Waals surface area contributed by atoms with Crippen LogP contribution in [0.3, 0.4) is 0 Å². The molecule has 0 saturated carbocycles. The highest BCUT2D eigenvalue weighted by molar-refractivity contribution is 5.50. The maximum atomic E-state index is 5.59. The van der Waals surface area contributed by atoms with E-state index in [9.17, 15) is 0 Å². The third kappa shape index (κ3) is 2.66. The van der Waals surface area contributed by atoms with Crippen molar-refractivity contribution in [3.8, 4) is 0 Å². The summed E-state index contributed by atoms with van der Waals surface area (Å²) in [6, 6.07) is 3.97. The Balaban J connectivity index is 1.95. The lowest BCUT2D eigenvalue weighted by atomic mass is 10.1. The Bertz CT molecular complexity index is 775. The molecule has 3 aromatic heterocycles. The van der Waals surface area contributed by atoms with Crippen LogP contribution < -0.4 is 4.90 Å². The highest BCUT2D eigenvalue weighted by atomic mass is 16.4. The Hall–Kier alpha value is -2.44. The number of aryl methyl sites for hydroxylation is 1. The molecule has 0 N–H and O–H groups in total. The van der Waals surface area contributed by atoms with Gasteiger partial charge in [0.25, 0.3) is 0 Å². The van der Waals surface area contributed by atoms with Crippen LogP contribution in [0.2, 0.25) is 0 Å². The molecule has 0 aliphatic carbocycles.